The van der Waals surface area contributed by atoms with Gasteiger partial charge in [-0.05, 0) is 36.2 Å². The second-order valence-corrected chi connectivity index (χ2v) is 5.48. The zero-order chi connectivity index (χ0) is 17.4. The first-order valence-electron chi connectivity index (χ1n) is 7.80. The number of carbonyl (C=O) groups is 2. The fraction of sp³-hybridized carbons (Fsp3) is 0.263. The number of methoxy groups -OCH3 is 1. The van der Waals surface area contributed by atoms with E-state index in [1.165, 1.54) is 4.90 Å². The van der Waals surface area contributed by atoms with Crippen LogP contribution in [0, 0.1) is 0 Å². The second-order valence-electron chi connectivity index (χ2n) is 5.48. The number of benzene rings is 2. The summed E-state index contributed by atoms with van der Waals surface area (Å²) in [5, 5.41) is 2.83. The van der Waals surface area contributed by atoms with Gasteiger partial charge in [-0.1, -0.05) is 30.3 Å². The SMILES string of the molecule is COc1ccc(CCNC(=O)CN(C)C(=O)c2ccccc2)cc1. The maximum Gasteiger partial charge on any atom is 0.254 e. The van der Waals surface area contributed by atoms with Crippen LogP contribution in [-0.2, 0) is 11.2 Å². The molecule has 0 aromatic heterocycles. The van der Waals surface area contributed by atoms with Crippen LogP contribution in [0.15, 0.2) is 54.6 Å². The maximum absolute atomic E-state index is 12.2. The Bertz CT molecular complexity index is 669. The summed E-state index contributed by atoms with van der Waals surface area (Å²) in [6, 6.07) is 16.6. The lowest BCUT2D eigenvalue weighted by Gasteiger charge is -2.16. The molecule has 0 bridgehead atoms. The minimum Gasteiger partial charge on any atom is -0.497 e. The molecule has 2 aromatic carbocycles. The molecule has 0 radical (unpaired) electrons. The van der Waals surface area contributed by atoms with E-state index in [4.69, 9.17) is 4.74 Å². The summed E-state index contributed by atoms with van der Waals surface area (Å²) in [5.74, 6) is 0.472. The summed E-state index contributed by atoms with van der Waals surface area (Å²) in [7, 11) is 3.25. The van der Waals surface area contributed by atoms with E-state index < -0.39 is 0 Å². The molecule has 0 heterocycles. The molecule has 0 aliphatic heterocycles. The summed E-state index contributed by atoms with van der Waals surface area (Å²) >= 11 is 0. The predicted molar refractivity (Wildman–Crippen MR) is 93.1 cm³/mol. The highest BCUT2D eigenvalue weighted by Crippen LogP contribution is 2.11. The standard InChI is InChI=1S/C19H22N2O3/c1-21(19(23)16-6-4-3-5-7-16)14-18(22)20-13-12-15-8-10-17(24-2)11-9-15/h3-11H,12-14H2,1-2H3,(H,20,22). The number of ether oxygens (including phenoxy) is 1. The summed E-state index contributed by atoms with van der Waals surface area (Å²) in [6.07, 6.45) is 0.728. The average molecular weight is 326 g/mol. The third-order valence-electron chi connectivity index (χ3n) is 3.64. The summed E-state index contributed by atoms with van der Waals surface area (Å²) < 4.78 is 5.11. The van der Waals surface area contributed by atoms with E-state index >= 15 is 0 Å². The van der Waals surface area contributed by atoms with Gasteiger partial charge < -0.3 is 15.0 Å². The molecule has 0 atom stereocenters. The number of likely N-dealkylation sites (N-methyl/N-ethyl adjacent to an activating group) is 1. The molecule has 2 aromatic rings. The van der Waals surface area contributed by atoms with Crippen LogP contribution in [0.4, 0.5) is 0 Å². The van der Waals surface area contributed by atoms with Gasteiger partial charge in [0, 0.05) is 19.2 Å². The second kappa shape index (κ2) is 8.72. The van der Waals surface area contributed by atoms with Crippen molar-refractivity contribution in [1.29, 1.82) is 0 Å². The fourth-order valence-electron chi connectivity index (χ4n) is 2.28. The normalized spacial score (nSPS) is 10.1. The van der Waals surface area contributed by atoms with Gasteiger partial charge >= 0.3 is 0 Å². The highest BCUT2D eigenvalue weighted by molar-refractivity contribution is 5.96. The van der Waals surface area contributed by atoms with E-state index in [-0.39, 0.29) is 18.4 Å². The van der Waals surface area contributed by atoms with Gasteiger partial charge in [-0.15, -0.1) is 0 Å². The Balaban J connectivity index is 1.75. The molecule has 2 rings (SSSR count). The fourth-order valence-corrected chi connectivity index (χ4v) is 2.28. The summed E-state index contributed by atoms with van der Waals surface area (Å²) in [6.45, 7) is 0.564. The third kappa shape index (κ3) is 5.12. The number of hydrogen-bond acceptors (Lipinski definition) is 3. The first-order chi connectivity index (χ1) is 11.6. The lowest BCUT2D eigenvalue weighted by molar-refractivity contribution is -0.121. The van der Waals surface area contributed by atoms with Crippen molar-refractivity contribution in [2.24, 2.45) is 0 Å². The summed E-state index contributed by atoms with van der Waals surface area (Å²) in [5.41, 5.74) is 1.69. The van der Waals surface area contributed by atoms with Crippen LogP contribution in [0.1, 0.15) is 15.9 Å². The van der Waals surface area contributed by atoms with Crippen LogP contribution in [0.2, 0.25) is 0 Å². The van der Waals surface area contributed by atoms with Crippen molar-refractivity contribution >= 4 is 11.8 Å². The Labute approximate surface area is 142 Å². The molecule has 24 heavy (non-hydrogen) atoms. The van der Waals surface area contributed by atoms with E-state index in [1.807, 2.05) is 30.3 Å². The average Bonchev–Trinajstić information content (AvgIpc) is 2.62. The smallest absolute Gasteiger partial charge is 0.254 e. The molecule has 5 heteroatoms. The van der Waals surface area contributed by atoms with Crippen LogP contribution >= 0.6 is 0 Å². The molecule has 1 N–H and O–H groups in total. The van der Waals surface area contributed by atoms with Gasteiger partial charge in [0.15, 0.2) is 0 Å². The molecular formula is C19H22N2O3. The summed E-state index contributed by atoms with van der Waals surface area (Å²) in [4.78, 5) is 25.5. The number of nitrogens with one attached hydrogen (secondary N) is 1. The Kier molecular flexibility index (Phi) is 6.37. The number of amides is 2. The van der Waals surface area contributed by atoms with E-state index in [2.05, 4.69) is 5.32 Å². The number of carbonyl (C=O) groups excluding carboxylic acids is 2. The van der Waals surface area contributed by atoms with Crippen molar-refractivity contribution < 1.29 is 14.3 Å². The number of rotatable bonds is 7. The van der Waals surface area contributed by atoms with E-state index in [1.54, 1.807) is 38.4 Å². The first-order valence-corrected chi connectivity index (χ1v) is 7.80. The minimum atomic E-state index is -0.171. The van der Waals surface area contributed by atoms with E-state index in [9.17, 15) is 9.59 Å². The zero-order valence-corrected chi connectivity index (χ0v) is 14.0. The van der Waals surface area contributed by atoms with Crippen LogP contribution in [0.5, 0.6) is 5.75 Å². The van der Waals surface area contributed by atoms with Crippen molar-refractivity contribution in [3.63, 3.8) is 0 Å². The molecule has 126 valence electrons. The largest absolute Gasteiger partial charge is 0.497 e. The van der Waals surface area contributed by atoms with E-state index in [0.717, 1.165) is 17.7 Å². The minimum absolute atomic E-state index is 0.0380. The van der Waals surface area contributed by atoms with E-state index in [0.29, 0.717) is 12.1 Å². The highest BCUT2D eigenvalue weighted by Gasteiger charge is 2.14. The van der Waals surface area contributed by atoms with Crippen LogP contribution < -0.4 is 10.1 Å². The Morgan fingerprint density at radius 2 is 1.71 bits per heavy atom. The van der Waals surface area contributed by atoms with Crippen molar-refractivity contribution in [2.75, 3.05) is 27.2 Å². The van der Waals surface area contributed by atoms with Gasteiger partial charge in [-0.2, -0.15) is 0 Å². The quantitative estimate of drug-likeness (QED) is 0.848. The van der Waals surface area contributed by atoms with Crippen molar-refractivity contribution in [1.82, 2.24) is 10.2 Å². The van der Waals surface area contributed by atoms with Crippen LogP contribution in [-0.4, -0.2) is 44.0 Å². The molecule has 0 saturated heterocycles. The molecule has 2 amide bonds. The van der Waals surface area contributed by atoms with Crippen LogP contribution in [0.25, 0.3) is 0 Å². The van der Waals surface area contributed by atoms with Gasteiger partial charge in [-0.3, -0.25) is 9.59 Å². The van der Waals surface area contributed by atoms with Gasteiger partial charge in [0.05, 0.1) is 13.7 Å². The van der Waals surface area contributed by atoms with Gasteiger partial charge in [0.25, 0.3) is 5.91 Å². The molecule has 0 spiro atoms. The van der Waals surface area contributed by atoms with Crippen LogP contribution in [0.3, 0.4) is 0 Å². The van der Waals surface area contributed by atoms with Gasteiger partial charge in [0.2, 0.25) is 5.91 Å². The molecule has 0 fully saturated rings. The highest BCUT2D eigenvalue weighted by atomic mass is 16.5. The molecule has 0 aliphatic rings. The molecule has 0 saturated carbocycles. The molecule has 0 aliphatic carbocycles. The Hall–Kier alpha value is -2.82. The first kappa shape index (κ1) is 17.5. The van der Waals surface area contributed by atoms with Gasteiger partial charge in [-0.25, -0.2) is 0 Å². The van der Waals surface area contributed by atoms with Gasteiger partial charge in [0.1, 0.15) is 5.75 Å². The zero-order valence-electron chi connectivity index (χ0n) is 14.0. The van der Waals surface area contributed by atoms with Crippen molar-refractivity contribution in [3.8, 4) is 5.75 Å². The monoisotopic (exact) mass is 326 g/mol. The number of hydrogen-bond donors (Lipinski definition) is 1. The number of nitrogens with zero attached hydrogens (tertiary/aromatic N) is 1. The lowest BCUT2D eigenvalue weighted by atomic mass is 10.1. The lowest BCUT2D eigenvalue weighted by Crippen LogP contribution is -2.39. The predicted octanol–water partition coefficient (Wildman–Crippen LogP) is 2.13. The topological polar surface area (TPSA) is 58.6 Å². The van der Waals surface area contributed by atoms with Crippen molar-refractivity contribution in [3.05, 3.63) is 65.7 Å². The molecule has 5 nitrogen and oxygen atoms in total. The molecule has 0 unspecified atom stereocenters. The third-order valence-corrected chi connectivity index (χ3v) is 3.64. The Morgan fingerprint density at radius 1 is 1.04 bits per heavy atom. The molecular weight excluding hydrogens is 304 g/mol. The maximum atomic E-state index is 12.2. The van der Waals surface area contributed by atoms with Crippen molar-refractivity contribution in [2.45, 2.75) is 6.42 Å². The Morgan fingerprint density at radius 3 is 2.33 bits per heavy atom.